The second-order valence-electron chi connectivity index (χ2n) is 4.81. The molecule has 1 amide bonds. The Bertz CT molecular complexity index is 486. The van der Waals surface area contributed by atoms with Gasteiger partial charge in [-0.05, 0) is 39.3 Å². The fourth-order valence-electron chi connectivity index (χ4n) is 1.63. The number of hydrogen-bond acceptors (Lipinski definition) is 4. The second kappa shape index (κ2) is 6.17. The number of nitrogens with zero attached hydrogens (tertiary/aromatic N) is 1. The Morgan fingerprint density at radius 2 is 1.95 bits per heavy atom. The molecule has 0 aliphatic carbocycles. The van der Waals surface area contributed by atoms with Gasteiger partial charge in [0.15, 0.2) is 0 Å². The Morgan fingerprint density at radius 1 is 1.32 bits per heavy atom. The average Bonchev–Trinajstić information content (AvgIpc) is 2.27. The molecule has 1 aromatic rings. The van der Waals surface area contributed by atoms with Gasteiger partial charge in [0.25, 0.3) is 5.69 Å². The summed E-state index contributed by atoms with van der Waals surface area (Å²) in [5.41, 5.74) is 1.22. The first kappa shape index (κ1) is 14.9. The van der Waals surface area contributed by atoms with Crippen LogP contribution in [0, 0.1) is 17.0 Å². The fraction of sp³-hybridized carbons (Fsp3) is 0.462. The number of anilines is 1. The van der Waals surface area contributed by atoms with Crippen LogP contribution in [0.5, 0.6) is 0 Å². The minimum Gasteiger partial charge on any atom is -0.368 e. The molecule has 2 N–H and O–H groups in total. The van der Waals surface area contributed by atoms with Crippen LogP contribution in [-0.4, -0.2) is 22.9 Å². The molecule has 1 atom stereocenters. The quantitative estimate of drug-likeness (QED) is 0.631. The van der Waals surface area contributed by atoms with E-state index >= 15 is 0 Å². The molecule has 0 aliphatic rings. The molecule has 19 heavy (non-hydrogen) atoms. The summed E-state index contributed by atoms with van der Waals surface area (Å²) in [6, 6.07) is 4.26. The molecule has 0 fully saturated rings. The number of hydrogen-bond donors (Lipinski definition) is 2. The topological polar surface area (TPSA) is 84.3 Å². The minimum atomic E-state index is -0.539. The van der Waals surface area contributed by atoms with Crippen molar-refractivity contribution in [2.75, 3.05) is 5.32 Å². The molecule has 0 aromatic heterocycles. The van der Waals surface area contributed by atoms with Crippen molar-refractivity contribution in [3.8, 4) is 0 Å². The van der Waals surface area contributed by atoms with Crippen molar-refractivity contribution in [3.63, 3.8) is 0 Å². The molecule has 1 aromatic carbocycles. The molecule has 0 radical (unpaired) electrons. The summed E-state index contributed by atoms with van der Waals surface area (Å²) in [6.07, 6.45) is 0. The lowest BCUT2D eigenvalue weighted by atomic mass is 10.1. The predicted molar refractivity (Wildman–Crippen MR) is 74.2 cm³/mol. The largest absolute Gasteiger partial charge is 0.368 e. The maximum atomic E-state index is 11.8. The Morgan fingerprint density at radius 3 is 2.47 bits per heavy atom. The number of rotatable bonds is 5. The van der Waals surface area contributed by atoms with Gasteiger partial charge < -0.3 is 10.6 Å². The lowest BCUT2D eigenvalue weighted by Gasteiger charge is -2.17. The maximum absolute atomic E-state index is 11.8. The van der Waals surface area contributed by atoms with Crippen LogP contribution in [0.25, 0.3) is 0 Å². The van der Waals surface area contributed by atoms with Gasteiger partial charge in [0.1, 0.15) is 11.7 Å². The number of carbonyl (C=O) groups excluding carboxylic acids is 1. The number of aryl methyl sites for hydroxylation is 1. The highest BCUT2D eigenvalue weighted by atomic mass is 16.6. The molecule has 0 heterocycles. The van der Waals surface area contributed by atoms with E-state index in [2.05, 4.69) is 10.6 Å². The van der Waals surface area contributed by atoms with Gasteiger partial charge in [0.05, 0.1) is 4.92 Å². The van der Waals surface area contributed by atoms with Gasteiger partial charge in [-0.3, -0.25) is 14.9 Å². The molecule has 0 spiro atoms. The van der Waals surface area contributed by atoms with Gasteiger partial charge in [-0.2, -0.15) is 0 Å². The summed E-state index contributed by atoms with van der Waals surface area (Å²) < 4.78 is 0. The van der Waals surface area contributed by atoms with Gasteiger partial charge in [-0.25, -0.2) is 0 Å². The van der Waals surface area contributed by atoms with Crippen molar-refractivity contribution < 1.29 is 9.72 Å². The highest BCUT2D eigenvalue weighted by Gasteiger charge is 2.19. The lowest BCUT2D eigenvalue weighted by Crippen LogP contribution is -2.41. The smallest absolute Gasteiger partial charge is 0.292 e. The van der Waals surface area contributed by atoms with Crippen LogP contribution in [0.15, 0.2) is 18.2 Å². The first-order chi connectivity index (χ1) is 8.81. The molecule has 6 nitrogen and oxygen atoms in total. The molecule has 104 valence electrons. The average molecular weight is 265 g/mol. The van der Waals surface area contributed by atoms with E-state index in [0.717, 1.165) is 5.56 Å². The predicted octanol–water partition coefficient (Wildman–Crippen LogP) is 2.23. The van der Waals surface area contributed by atoms with E-state index in [1.54, 1.807) is 19.1 Å². The summed E-state index contributed by atoms with van der Waals surface area (Å²) in [7, 11) is 0. The van der Waals surface area contributed by atoms with E-state index in [1.165, 1.54) is 6.07 Å². The molecule has 6 heteroatoms. The van der Waals surface area contributed by atoms with Crippen LogP contribution in [0.2, 0.25) is 0 Å². The van der Waals surface area contributed by atoms with Crippen molar-refractivity contribution in [2.24, 2.45) is 0 Å². The molecule has 1 unspecified atom stereocenters. The van der Waals surface area contributed by atoms with Crippen LogP contribution >= 0.6 is 0 Å². The minimum absolute atomic E-state index is 0.0317. The highest BCUT2D eigenvalue weighted by molar-refractivity contribution is 5.85. The third-order valence-corrected chi connectivity index (χ3v) is 2.54. The standard InChI is InChI=1S/C13H19N3O3/c1-8(2)14-13(17)10(4)15-11-7-9(3)5-6-12(11)16(18)19/h5-8,10,15H,1-4H3,(H,14,17). The zero-order chi connectivity index (χ0) is 14.6. The van der Waals surface area contributed by atoms with Gasteiger partial charge in [-0.1, -0.05) is 6.07 Å². The summed E-state index contributed by atoms with van der Waals surface area (Å²) >= 11 is 0. The van der Waals surface area contributed by atoms with Crippen LogP contribution in [0.1, 0.15) is 26.3 Å². The van der Waals surface area contributed by atoms with E-state index in [0.29, 0.717) is 5.69 Å². The normalized spacial score (nSPS) is 12.1. The monoisotopic (exact) mass is 265 g/mol. The lowest BCUT2D eigenvalue weighted by molar-refractivity contribution is -0.384. The number of nitro groups is 1. The zero-order valence-electron chi connectivity index (χ0n) is 11.6. The van der Waals surface area contributed by atoms with Gasteiger partial charge in [0.2, 0.25) is 5.91 Å². The number of amides is 1. The highest BCUT2D eigenvalue weighted by Crippen LogP contribution is 2.25. The van der Waals surface area contributed by atoms with Crippen molar-refractivity contribution >= 4 is 17.3 Å². The van der Waals surface area contributed by atoms with Gasteiger partial charge in [-0.15, -0.1) is 0 Å². The first-order valence-corrected chi connectivity index (χ1v) is 6.13. The van der Waals surface area contributed by atoms with E-state index in [4.69, 9.17) is 0 Å². The van der Waals surface area contributed by atoms with Gasteiger partial charge >= 0.3 is 0 Å². The Labute approximate surface area is 112 Å². The van der Waals surface area contributed by atoms with Crippen LogP contribution in [0.4, 0.5) is 11.4 Å². The van der Waals surface area contributed by atoms with Crippen molar-refractivity contribution in [3.05, 3.63) is 33.9 Å². The number of nitro benzene ring substituents is 1. The zero-order valence-corrected chi connectivity index (χ0v) is 11.6. The Balaban J connectivity index is 2.89. The van der Waals surface area contributed by atoms with Gasteiger partial charge in [0, 0.05) is 12.1 Å². The second-order valence-corrected chi connectivity index (χ2v) is 4.81. The van der Waals surface area contributed by atoms with E-state index < -0.39 is 11.0 Å². The fourth-order valence-corrected chi connectivity index (χ4v) is 1.63. The third-order valence-electron chi connectivity index (χ3n) is 2.54. The van der Waals surface area contributed by atoms with Crippen LogP contribution in [-0.2, 0) is 4.79 Å². The SMILES string of the molecule is Cc1ccc([N+](=O)[O-])c(NC(C)C(=O)NC(C)C)c1. The molecular formula is C13H19N3O3. The Kier molecular flexibility index (Phi) is 4.86. The third kappa shape index (κ3) is 4.24. The summed E-state index contributed by atoms with van der Waals surface area (Å²) in [4.78, 5) is 22.2. The molecule has 0 aliphatic heterocycles. The first-order valence-electron chi connectivity index (χ1n) is 6.13. The molecular weight excluding hydrogens is 246 g/mol. The molecule has 1 rings (SSSR count). The maximum Gasteiger partial charge on any atom is 0.292 e. The summed E-state index contributed by atoms with van der Waals surface area (Å²) in [6.45, 7) is 7.23. The van der Waals surface area contributed by atoms with Crippen molar-refractivity contribution in [1.29, 1.82) is 0 Å². The van der Waals surface area contributed by atoms with Crippen LogP contribution in [0.3, 0.4) is 0 Å². The number of carbonyl (C=O) groups is 1. The summed E-state index contributed by atoms with van der Waals surface area (Å²) in [5.74, 6) is -0.189. The van der Waals surface area contributed by atoms with Crippen molar-refractivity contribution in [2.45, 2.75) is 39.8 Å². The molecule has 0 saturated heterocycles. The summed E-state index contributed by atoms with van der Waals surface area (Å²) in [5, 5.41) is 16.6. The Hall–Kier alpha value is -2.11. The molecule has 0 bridgehead atoms. The van der Waals surface area contributed by atoms with E-state index in [1.807, 2.05) is 20.8 Å². The number of benzene rings is 1. The molecule has 0 saturated carbocycles. The van der Waals surface area contributed by atoms with Crippen LogP contribution < -0.4 is 10.6 Å². The van der Waals surface area contributed by atoms with E-state index in [9.17, 15) is 14.9 Å². The van der Waals surface area contributed by atoms with Crippen molar-refractivity contribution in [1.82, 2.24) is 5.32 Å². The van der Waals surface area contributed by atoms with E-state index in [-0.39, 0.29) is 17.6 Å². The number of nitrogens with one attached hydrogen (secondary N) is 2.